The van der Waals surface area contributed by atoms with Gasteiger partial charge in [0, 0.05) is 32.2 Å². The first-order valence-electron chi connectivity index (χ1n) is 5.34. The van der Waals surface area contributed by atoms with Crippen molar-refractivity contribution >= 4 is 10.0 Å². The third-order valence-corrected chi connectivity index (χ3v) is 4.25. The Morgan fingerprint density at radius 2 is 1.80 bits per heavy atom. The third kappa shape index (κ3) is 3.71. The average Bonchev–Trinajstić information content (AvgIpc) is 2.17. The Labute approximate surface area is 92.3 Å². The minimum Gasteiger partial charge on any atom is -0.330 e. The third-order valence-electron chi connectivity index (χ3n) is 2.95. The number of hydrogen-bond acceptors (Lipinski definition) is 4. The Morgan fingerprint density at radius 1 is 1.27 bits per heavy atom. The molecule has 0 aromatic rings. The molecule has 1 heterocycles. The Hall–Kier alpha value is -0.170. The molecular weight excluding hydrogens is 214 g/mol. The predicted molar refractivity (Wildman–Crippen MR) is 61.1 cm³/mol. The summed E-state index contributed by atoms with van der Waals surface area (Å²) in [5.74, 6) is 0. The van der Waals surface area contributed by atoms with E-state index in [2.05, 4.69) is 11.8 Å². The lowest BCUT2D eigenvalue weighted by Gasteiger charge is -2.36. The zero-order valence-electron chi connectivity index (χ0n) is 9.52. The molecule has 90 valence electrons. The number of nitrogens with zero attached hydrogens (tertiary/aromatic N) is 2. The molecule has 1 fully saturated rings. The van der Waals surface area contributed by atoms with E-state index in [9.17, 15) is 8.42 Å². The normalized spacial score (nSPS) is 22.9. The fourth-order valence-corrected chi connectivity index (χ4v) is 2.73. The maximum atomic E-state index is 11.3. The van der Waals surface area contributed by atoms with E-state index >= 15 is 0 Å². The van der Waals surface area contributed by atoms with Crippen molar-refractivity contribution in [1.82, 2.24) is 9.21 Å². The molecule has 0 bridgehead atoms. The van der Waals surface area contributed by atoms with Gasteiger partial charge in [0.25, 0.3) is 0 Å². The van der Waals surface area contributed by atoms with Crippen LogP contribution in [0.15, 0.2) is 0 Å². The summed E-state index contributed by atoms with van der Waals surface area (Å²) in [5, 5.41) is 0. The lowest BCUT2D eigenvalue weighted by atomic mass is 10.2. The van der Waals surface area contributed by atoms with Gasteiger partial charge < -0.3 is 5.73 Å². The quantitative estimate of drug-likeness (QED) is 0.700. The molecule has 1 atom stereocenters. The molecular formula is C9H21N3O2S. The molecule has 1 saturated heterocycles. The van der Waals surface area contributed by atoms with Gasteiger partial charge in [-0.2, -0.15) is 4.31 Å². The van der Waals surface area contributed by atoms with Gasteiger partial charge in [-0.05, 0) is 19.9 Å². The second-order valence-corrected chi connectivity index (χ2v) is 6.11. The largest absolute Gasteiger partial charge is 0.330 e. The highest BCUT2D eigenvalue weighted by atomic mass is 32.2. The van der Waals surface area contributed by atoms with E-state index in [1.54, 1.807) is 4.31 Å². The van der Waals surface area contributed by atoms with Gasteiger partial charge in [0.2, 0.25) is 10.0 Å². The van der Waals surface area contributed by atoms with E-state index in [1.807, 2.05) is 0 Å². The SMILES string of the molecule is CC(CCN)N1CCN(S(C)(=O)=O)CC1. The van der Waals surface area contributed by atoms with Crippen molar-refractivity contribution < 1.29 is 8.42 Å². The van der Waals surface area contributed by atoms with Crippen LogP contribution >= 0.6 is 0 Å². The Kier molecular flexibility index (Phi) is 4.51. The van der Waals surface area contributed by atoms with Crippen molar-refractivity contribution in [3.63, 3.8) is 0 Å². The number of piperazine rings is 1. The van der Waals surface area contributed by atoms with Gasteiger partial charge in [0.15, 0.2) is 0 Å². The fraction of sp³-hybridized carbons (Fsp3) is 1.00. The molecule has 5 nitrogen and oxygen atoms in total. The lowest BCUT2D eigenvalue weighted by Crippen LogP contribution is -2.51. The van der Waals surface area contributed by atoms with Crippen LogP contribution in [-0.4, -0.2) is 62.6 Å². The highest BCUT2D eigenvalue weighted by Crippen LogP contribution is 2.10. The summed E-state index contributed by atoms with van der Waals surface area (Å²) in [7, 11) is -3.01. The summed E-state index contributed by atoms with van der Waals surface area (Å²) >= 11 is 0. The van der Waals surface area contributed by atoms with Crippen LogP contribution in [0.25, 0.3) is 0 Å². The topological polar surface area (TPSA) is 66.6 Å². The van der Waals surface area contributed by atoms with Crippen LogP contribution < -0.4 is 5.73 Å². The molecule has 15 heavy (non-hydrogen) atoms. The number of hydrogen-bond donors (Lipinski definition) is 1. The fourth-order valence-electron chi connectivity index (χ4n) is 1.90. The molecule has 0 spiro atoms. The van der Waals surface area contributed by atoms with Crippen LogP contribution in [0.1, 0.15) is 13.3 Å². The van der Waals surface area contributed by atoms with Crippen LogP contribution in [-0.2, 0) is 10.0 Å². The van der Waals surface area contributed by atoms with Crippen molar-refractivity contribution in [3.8, 4) is 0 Å². The van der Waals surface area contributed by atoms with Crippen LogP contribution in [0.4, 0.5) is 0 Å². The minimum atomic E-state index is -3.01. The van der Waals surface area contributed by atoms with E-state index in [-0.39, 0.29) is 0 Å². The molecule has 1 unspecified atom stereocenters. The molecule has 2 N–H and O–H groups in total. The van der Waals surface area contributed by atoms with Crippen LogP contribution in [0.5, 0.6) is 0 Å². The zero-order chi connectivity index (χ0) is 11.5. The van der Waals surface area contributed by atoms with Gasteiger partial charge in [-0.15, -0.1) is 0 Å². The summed E-state index contributed by atoms with van der Waals surface area (Å²) < 4.78 is 24.1. The highest BCUT2D eigenvalue weighted by molar-refractivity contribution is 7.88. The van der Waals surface area contributed by atoms with E-state index in [0.717, 1.165) is 19.5 Å². The summed E-state index contributed by atoms with van der Waals surface area (Å²) in [4.78, 5) is 2.30. The van der Waals surface area contributed by atoms with Crippen molar-refractivity contribution in [2.75, 3.05) is 39.0 Å². The van der Waals surface area contributed by atoms with E-state index in [0.29, 0.717) is 25.7 Å². The van der Waals surface area contributed by atoms with Gasteiger partial charge in [0.05, 0.1) is 6.26 Å². The van der Waals surface area contributed by atoms with Gasteiger partial charge in [-0.1, -0.05) is 0 Å². The summed E-state index contributed by atoms with van der Waals surface area (Å²) in [5.41, 5.74) is 5.50. The highest BCUT2D eigenvalue weighted by Gasteiger charge is 2.25. The van der Waals surface area contributed by atoms with Gasteiger partial charge >= 0.3 is 0 Å². The predicted octanol–water partition coefficient (Wildman–Crippen LogP) is -0.699. The molecule has 0 aromatic carbocycles. The second-order valence-electron chi connectivity index (χ2n) is 4.12. The lowest BCUT2D eigenvalue weighted by molar-refractivity contribution is 0.141. The maximum Gasteiger partial charge on any atom is 0.211 e. The van der Waals surface area contributed by atoms with Gasteiger partial charge in [-0.25, -0.2) is 8.42 Å². The van der Waals surface area contributed by atoms with Crippen LogP contribution in [0, 0.1) is 0 Å². The molecule has 1 aliphatic rings. The standard InChI is InChI=1S/C9H21N3O2S/c1-9(3-4-10)11-5-7-12(8-6-11)15(2,13)14/h9H,3-8,10H2,1-2H3. The Balaban J connectivity index is 2.42. The molecule has 0 aliphatic carbocycles. The number of rotatable bonds is 4. The zero-order valence-corrected chi connectivity index (χ0v) is 10.3. The first kappa shape index (κ1) is 12.9. The van der Waals surface area contributed by atoms with E-state index < -0.39 is 10.0 Å². The molecule has 0 saturated carbocycles. The number of sulfonamides is 1. The maximum absolute atomic E-state index is 11.3. The Morgan fingerprint density at radius 3 is 2.20 bits per heavy atom. The first-order chi connectivity index (χ1) is 6.95. The summed E-state index contributed by atoms with van der Waals surface area (Å²) in [6.07, 6.45) is 2.24. The van der Waals surface area contributed by atoms with Crippen LogP contribution in [0.3, 0.4) is 0 Å². The van der Waals surface area contributed by atoms with E-state index in [1.165, 1.54) is 6.26 Å². The van der Waals surface area contributed by atoms with Crippen molar-refractivity contribution in [1.29, 1.82) is 0 Å². The molecule has 0 radical (unpaired) electrons. The molecule has 0 amide bonds. The molecule has 6 heteroatoms. The summed E-state index contributed by atoms with van der Waals surface area (Å²) in [6, 6.07) is 0.455. The average molecular weight is 235 g/mol. The first-order valence-corrected chi connectivity index (χ1v) is 7.19. The van der Waals surface area contributed by atoms with Gasteiger partial charge in [-0.3, -0.25) is 4.90 Å². The minimum absolute atomic E-state index is 0.455. The summed E-state index contributed by atoms with van der Waals surface area (Å²) in [6.45, 7) is 5.67. The van der Waals surface area contributed by atoms with Crippen LogP contribution in [0.2, 0.25) is 0 Å². The molecule has 0 aromatic heterocycles. The van der Waals surface area contributed by atoms with Crippen molar-refractivity contribution in [3.05, 3.63) is 0 Å². The number of nitrogens with two attached hydrogens (primary N) is 1. The molecule has 1 aliphatic heterocycles. The smallest absolute Gasteiger partial charge is 0.211 e. The second kappa shape index (κ2) is 5.25. The monoisotopic (exact) mass is 235 g/mol. The van der Waals surface area contributed by atoms with E-state index in [4.69, 9.17) is 5.73 Å². The van der Waals surface area contributed by atoms with Crippen molar-refractivity contribution in [2.45, 2.75) is 19.4 Å². The molecule has 1 rings (SSSR count). The van der Waals surface area contributed by atoms with Gasteiger partial charge in [0.1, 0.15) is 0 Å². The van der Waals surface area contributed by atoms with Crippen molar-refractivity contribution in [2.24, 2.45) is 5.73 Å². The Bertz CT molecular complexity index is 284.